The van der Waals surface area contributed by atoms with E-state index >= 15 is 0 Å². The Kier molecular flexibility index (Phi) is 3.47. The van der Waals surface area contributed by atoms with E-state index < -0.39 is 0 Å². The molecular formula is C15H20N2O. The first-order valence-electron chi connectivity index (χ1n) is 6.35. The van der Waals surface area contributed by atoms with Gasteiger partial charge in [-0.1, -0.05) is 6.07 Å². The molecule has 1 aliphatic heterocycles. The van der Waals surface area contributed by atoms with E-state index in [9.17, 15) is 0 Å². The van der Waals surface area contributed by atoms with Crippen LogP contribution >= 0.6 is 0 Å². The van der Waals surface area contributed by atoms with Gasteiger partial charge in [-0.25, -0.2) is 0 Å². The van der Waals surface area contributed by atoms with Gasteiger partial charge in [0.1, 0.15) is 5.75 Å². The predicted molar refractivity (Wildman–Crippen MR) is 72.8 cm³/mol. The van der Waals surface area contributed by atoms with Gasteiger partial charge in [0.05, 0.1) is 13.2 Å². The minimum atomic E-state index is 0.105. The molecule has 1 fully saturated rings. The zero-order chi connectivity index (χ0) is 13.2. The second-order valence-electron chi connectivity index (χ2n) is 5.56. The van der Waals surface area contributed by atoms with E-state index in [-0.39, 0.29) is 5.54 Å². The van der Waals surface area contributed by atoms with Crippen molar-refractivity contribution < 1.29 is 4.74 Å². The highest BCUT2D eigenvalue weighted by Crippen LogP contribution is 2.38. The van der Waals surface area contributed by atoms with Crippen LogP contribution in [0, 0.1) is 17.2 Å². The minimum Gasteiger partial charge on any atom is -0.497 e. The summed E-state index contributed by atoms with van der Waals surface area (Å²) in [6, 6.07) is 10.4. The molecule has 0 bridgehead atoms. The second-order valence-corrected chi connectivity index (χ2v) is 5.56. The van der Waals surface area contributed by atoms with Crippen molar-refractivity contribution in [3.05, 3.63) is 24.3 Å². The summed E-state index contributed by atoms with van der Waals surface area (Å²) in [5.74, 6) is 1.35. The zero-order valence-corrected chi connectivity index (χ0v) is 11.3. The fourth-order valence-electron chi connectivity index (χ4n) is 2.89. The monoisotopic (exact) mass is 244 g/mol. The third-order valence-corrected chi connectivity index (χ3v) is 3.70. The average Bonchev–Trinajstić information content (AvgIpc) is 2.65. The number of nitrogens with zero attached hydrogens (tertiary/aromatic N) is 2. The van der Waals surface area contributed by atoms with Gasteiger partial charge < -0.3 is 9.64 Å². The van der Waals surface area contributed by atoms with E-state index in [4.69, 9.17) is 10.00 Å². The topological polar surface area (TPSA) is 36.3 Å². The molecule has 1 aromatic rings. The van der Waals surface area contributed by atoms with Gasteiger partial charge in [0.15, 0.2) is 0 Å². The van der Waals surface area contributed by atoms with E-state index in [1.54, 1.807) is 7.11 Å². The van der Waals surface area contributed by atoms with E-state index in [0.717, 1.165) is 18.7 Å². The molecule has 3 nitrogen and oxygen atoms in total. The van der Waals surface area contributed by atoms with Crippen LogP contribution < -0.4 is 9.64 Å². The van der Waals surface area contributed by atoms with Gasteiger partial charge in [-0.05, 0) is 38.3 Å². The van der Waals surface area contributed by atoms with Crippen LogP contribution in [0.1, 0.15) is 26.7 Å². The van der Waals surface area contributed by atoms with Gasteiger partial charge in [-0.15, -0.1) is 0 Å². The molecule has 1 aromatic carbocycles. The third kappa shape index (κ3) is 2.43. The lowest BCUT2D eigenvalue weighted by atomic mass is 9.95. The van der Waals surface area contributed by atoms with Crippen molar-refractivity contribution in [3.63, 3.8) is 0 Å². The van der Waals surface area contributed by atoms with Crippen molar-refractivity contribution in [2.45, 2.75) is 32.2 Å². The van der Waals surface area contributed by atoms with Gasteiger partial charge >= 0.3 is 0 Å². The number of rotatable bonds is 3. The molecule has 2 rings (SSSR count). The Bertz CT molecular complexity index is 462. The lowest BCUT2D eigenvalue weighted by Gasteiger charge is -2.33. The highest BCUT2D eigenvalue weighted by atomic mass is 16.5. The minimum absolute atomic E-state index is 0.105. The first kappa shape index (κ1) is 12.8. The Hall–Kier alpha value is -1.69. The number of ether oxygens (including phenoxy) is 1. The molecule has 1 aliphatic rings. The van der Waals surface area contributed by atoms with Crippen LogP contribution in [0.3, 0.4) is 0 Å². The van der Waals surface area contributed by atoms with Crippen molar-refractivity contribution in [2.75, 3.05) is 18.6 Å². The Balaban J connectivity index is 2.24. The molecule has 3 heteroatoms. The first-order valence-corrected chi connectivity index (χ1v) is 6.35. The molecule has 0 aromatic heterocycles. The van der Waals surface area contributed by atoms with Gasteiger partial charge in [-0.2, -0.15) is 5.26 Å². The molecule has 96 valence electrons. The summed E-state index contributed by atoms with van der Waals surface area (Å²) in [6.45, 7) is 5.43. The SMILES string of the molecule is COc1cccc(N2CC(CC#N)CC2(C)C)c1. The largest absolute Gasteiger partial charge is 0.497 e. The first-order chi connectivity index (χ1) is 8.56. The Morgan fingerprint density at radius 2 is 2.28 bits per heavy atom. The Morgan fingerprint density at radius 1 is 1.50 bits per heavy atom. The van der Waals surface area contributed by atoms with Crippen LogP contribution in [-0.2, 0) is 0 Å². The molecule has 0 N–H and O–H groups in total. The van der Waals surface area contributed by atoms with Crippen LogP contribution in [0.25, 0.3) is 0 Å². The summed E-state index contributed by atoms with van der Waals surface area (Å²) in [6.07, 6.45) is 1.71. The van der Waals surface area contributed by atoms with E-state index in [0.29, 0.717) is 12.3 Å². The van der Waals surface area contributed by atoms with Gasteiger partial charge in [-0.3, -0.25) is 0 Å². The molecule has 0 amide bonds. The molecule has 18 heavy (non-hydrogen) atoms. The summed E-state index contributed by atoms with van der Waals surface area (Å²) in [5.41, 5.74) is 1.29. The Morgan fingerprint density at radius 3 is 2.94 bits per heavy atom. The van der Waals surface area contributed by atoms with Crippen LogP contribution in [0.5, 0.6) is 5.75 Å². The number of hydrogen-bond acceptors (Lipinski definition) is 3. The second kappa shape index (κ2) is 4.89. The van der Waals surface area contributed by atoms with Crippen molar-refractivity contribution in [2.24, 2.45) is 5.92 Å². The summed E-state index contributed by atoms with van der Waals surface area (Å²) >= 11 is 0. The molecule has 1 heterocycles. The van der Waals surface area contributed by atoms with Gasteiger partial charge in [0.2, 0.25) is 0 Å². The van der Waals surface area contributed by atoms with E-state index in [1.165, 1.54) is 5.69 Å². The van der Waals surface area contributed by atoms with Crippen molar-refractivity contribution in [1.29, 1.82) is 5.26 Å². The number of methoxy groups -OCH3 is 1. The van der Waals surface area contributed by atoms with Crippen LogP contribution in [-0.4, -0.2) is 19.2 Å². The third-order valence-electron chi connectivity index (χ3n) is 3.70. The fraction of sp³-hybridized carbons (Fsp3) is 0.533. The molecule has 0 saturated carbocycles. The zero-order valence-electron chi connectivity index (χ0n) is 11.3. The highest BCUT2D eigenvalue weighted by Gasteiger charge is 2.38. The number of hydrogen-bond donors (Lipinski definition) is 0. The summed E-state index contributed by atoms with van der Waals surface area (Å²) < 4.78 is 5.28. The summed E-state index contributed by atoms with van der Waals surface area (Å²) in [7, 11) is 1.69. The average molecular weight is 244 g/mol. The molecule has 0 radical (unpaired) electrons. The summed E-state index contributed by atoms with van der Waals surface area (Å²) in [4.78, 5) is 2.39. The molecular weight excluding hydrogens is 224 g/mol. The molecule has 1 unspecified atom stereocenters. The molecule has 0 aliphatic carbocycles. The van der Waals surface area contributed by atoms with Gasteiger partial charge in [0, 0.05) is 30.3 Å². The Labute approximate surface area is 109 Å². The number of anilines is 1. The number of benzene rings is 1. The van der Waals surface area contributed by atoms with Crippen molar-refractivity contribution in [3.8, 4) is 11.8 Å². The van der Waals surface area contributed by atoms with Crippen LogP contribution in [0.4, 0.5) is 5.69 Å². The molecule has 1 saturated heterocycles. The quantitative estimate of drug-likeness (QED) is 0.819. The van der Waals surface area contributed by atoms with Crippen LogP contribution in [0.15, 0.2) is 24.3 Å². The van der Waals surface area contributed by atoms with Crippen molar-refractivity contribution in [1.82, 2.24) is 0 Å². The van der Waals surface area contributed by atoms with E-state index in [1.807, 2.05) is 12.1 Å². The van der Waals surface area contributed by atoms with Crippen molar-refractivity contribution >= 4 is 5.69 Å². The number of nitriles is 1. The maximum atomic E-state index is 8.85. The smallest absolute Gasteiger partial charge is 0.120 e. The summed E-state index contributed by atoms with van der Waals surface area (Å²) in [5, 5.41) is 8.85. The van der Waals surface area contributed by atoms with Gasteiger partial charge in [0.25, 0.3) is 0 Å². The maximum Gasteiger partial charge on any atom is 0.120 e. The lowest BCUT2D eigenvalue weighted by molar-refractivity contribution is 0.414. The normalized spacial score (nSPS) is 21.7. The van der Waals surface area contributed by atoms with E-state index in [2.05, 4.69) is 36.9 Å². The molecule has 0 spiro atoms. The standard InChI is InChI=1S/C15H20N2O/c1-15(2)10-12(7-8-16)11-17(15)13-5-4-6-14(9-13)18-3/h4-6,9,12H,7,10-11H2,1-3H3. The predicted octanol–water partition coefficient (Wildman–Crippen LogP) is 3.21. The molecule has 1 atom stereocenters. The fourth-order valence-corrected chi connectivity index (χ4v) is 2.89. The highest BCUT2D eigenvalue weighted by molar-refractivity contribution is 5.53. The maximum absolute atomic E-state index is 8.85. The lowest BCUT2D eigenvalue weighted by Crippen LogP contribution is -2.38. The van der Waals surface area contributed by atoms with Crippen LogP contribution in [0.2, 0.25) is 0 Å².